The summed E-state index contributed by atoms with van der Waals surface area (Å²) in [7, 11) is 0. The number of nitriles is 1. The quantitative estimate of drug-likeness (QED) is 0.930. The van der Waals surface area contributed by atoms with Gasteiger partial charge in [-0.3, -0.25) is 9.69 Å². The molecular formula is C19H25N3O. The summed E-state index contributed by atoms with van der Waals surface area (Å²) < 4.78 is 0. The Bertz CT molecular complexity index is 574. The van der Waals surface area contributed by atoms with Crippen LogP contribution in [0.15, 0.2) is 30.3 Å². The molecule has 1 aromatic carbocycles. The van der Waals surface area contributed by atoms with Crippen molar-refractivity contribution < 1.29 is 4.79 Å². The zero-order valence-corrected chi connectivity index (χ0v) is 13.6. The molecule has 4 nitrogen and oxygen atoms in total. The highest BCUT2D eigenvalue weighted by Crippen LogP contribution is 2.27. The van der Waals surface area contributed by atoms with E-state index in [0.717, 1.165) is 45.2 Å². The molecule has 1 atom stereocenters. The van der Waals surface area contributed by atoms with E-state index in [1.165, 1.54) is 12.0 Å². The van der Waals surface area contributed by atoms with Crippen LogP contribution >= 0.6 is 0 Å². The van der Waals surface area contributed by atoms with Crippen molar-refractivity contribution in [3.8, 4) is 6.07 Å². The summed E-state index contributed by atoms with van der Waals surface area (Å²) in [5, 5.41) is 12.7. The summed E-state index contributed by atoms with van der Waals surface area (Å²) in [6, 6.07) is 12.7. The first kappa shape index (κ1) is 16.0. The normalized spacial score (nSPS) is 25.9. The molecule has 122 valence electrons. The van der Waals surface area contributed by atoms with Gasteiger partial charge < -0.3 is 5.32 Å². The van der Waals surface area contributed by atoms with Crippen molar-refractivity contribution in [1.29, 1.82) is 5.26 Å². The molecule has 1 heterocycles. The third-order valence-corrected chi connectivity index (χ3v) is 5.15. The van der Waals surface area contributed by atoms with Crippen molar-refractivity contribution in [3.05, 3.63) is 35.9 Å². The van der Waals surface area contributed by atoms with Gasteiger partial charge in [0.2, 0.25) is 5.91 Å². The average Bonchev–Trinajstić information content (AvgIpc) is 3.00. The monoisotopic (exact) mass is 311 g/mol. The third-order valence-electron chi connectivity index (χ3n) is 5.15. The molecular weight excluding hydrogens is 286 g/mol. The SMILES string of the molecule is N#CC1(NC(=O)C2CCCCC2)CCN(Cc2ccccc2)C1. The van der Waals surface area contributed by atoms with Crippen LogP contribution in [-0.2, 0) is 11.3 Å². The maximum absolute atomic E-state index is 12.5. The smallest absolute Gasteiger partial charge is 0.224 e. The minimum absolute atomic E-state index is 0.0906. The van der Waals surface area contributed by atoms with E-state index in [4.69, 9.17) is 0 Å². The van der Waals surface area contributed by atoms with Gasteiger partial charge in [-0.05, 0) is 24.8 Å². The number of benzene rings is 1. The molecule has 23 heavy (non-hydrogen) atoms. The first-order valence-corrected chi connectivity index (χ1v) is 8.70. The molecule has 1 aliphatic heterocycles. The zero-order valence-electron chi connectivity index (χ0n) is 13.6. The lowest BCUT2D eigenvalue weighted by Crippen LogP contribution is -2.51. The van der Waals surface area contributed by atoms with E-state index >= 15 is 0 Å². The molecule has 1 saturated carbocycles. The van der Waals surface area contributed by atoms with Gasteiger partial charge in [0.05, 0.1) is 6.07 Å². The molecule has 2 fully saturated rings. The van der Waals surface area contributed by atoms with E-state index in [2.05, 4.69) is 28.4 Å². The van der Waals surface area contributed by atoms with Gasteiger partial charge in [-0.25, -0.2) is 0 Å². The Hall–Kier alpha value is -1.86. The van der Waals surface area contributed by atoms with E-state index in [-0.39, 0.29) is 11.8 Å². The van der Waals surface area contributed by atoms with Crippen LogP contribution in [0.5, 0.6) is 0 Å². The summed E-state index contributed by atoms with van der Waals surface area (Å²) in [5.41, 5.74) is 0.545. The van der Waals surface area contributed by atoms with E-state index in [9.17, 15) is 10.1 Å². The van der Waals surface area contributed by atoms with E-state index in [1.54, 1.807) is 0 Å². The van der Waals surface area contributed by atoms with Crippen molar-refractivity contribution in [3.63, 3.8) is 0 Å². The van der Waals surface area contributed by atoms with Gasteiger partial charge in [0.15, 0.2) is 0 Å². The van der Waals surface area contributed by atoms with E-state index < -0.39 is 5.54 Å². The van der Waals surface area contributed by atoms with Crippen molar-refractivity contribution in [1.82, 2.24) is 10.2 Å². The molecule has 0 aromatic heterocycles. The Labute approximate surface area is 138 Å². The van der Waals surface area contributed by atoms with Gasteiger partial charge >= 0.3 is 0 Å². The number of nitrogens with one attached hydrogen (secondary N) is 1. The van der Waals surface area contributed by atoms with Gasteiger partial charge in [-0.15, -0.1) is 0 Å². The minimum Gasteiger partial charge on any atom is -0.336 e. The molecule has 1 amide bonds. The molecule has 2 aliphatic rings. The van der Waals surface area contributed by atoms with Crippen LogP contribution in [0.25, 0.3) is 0 Å². The van der Waals surface area contributed by atoms with Crippen LogP contribution in [0.2, 0.25) is 0 Å². The highest BCUT2D eigenvalue weighted by Gasteiger charge is 2.40. The number of hydrogen-bond acceptors (Lipinski definition) is 3. The maximum Gasteiger partial charge on any atom is 0.224 e. The van der Waals surface area contributed by atoms with Crippen LogP contribution in [0.1, 0.15) is 44.1 Å². The number of likely N-dealkylation sites (tertiary alicyclic amines) is 1. The Kier molecular flexibility index (Phi) is 4.97. The summed E-state index contributed by atoms with van der Waals surface area (Å²) in [5.74, 6) is 0.199. The van der Waals surface area contributed by atoms with Crippen molar-refractivity contribution >= 4 is 5.91 Å². The fourth-order valence-corrected chi connectivity index (χ4v) is 3.79. The van der Waals surface area contributed by atoms with Gasteiger partial charge in [0.1, 0.15) is 5.54 Å². The van der Waals surface area contributed by atoms with Crippen LogP contribution in [0.4, 0.5) is 0 Å². The minimum atomic E-state index is -0.705. The molecule has 1 saturated heterocycles. The summed E-state index contributed by atoms with van der Waals surface area (Å²) in [6.45, 7) is 2.31. The Morgan fingerprint density at radius 2 is 2.00 bits per heavy atom. The first-order chi connectivity index (χ1) is 11.2. The Morgan fingerprint density at radius 3 is 2.70 bits per heavy atom. The predicted molar refractivity (Wildman–Crippen MR) is 89.4 cm³/mol. The van der Waals surface area contributed by atoms with Crippen molar-refractivity contribution in [2.45, 2.75) is 50.6 Å². The molecule has 1 N–H and O–H groups in total. The Morgan fingerprint density at radius 1 is 1.26 bits per heavy atom. The lowest BCUT2D eigenvalue weighted by atomic mass is 9.87. The van der Waals surface area contributed by atoms with Gasteiger partial charge in [0.25, 0.3) is 0 Å². The lowest BCUT2D eigenvalue weighted by molar-refractivity contribution is -0.127. The Balaban J connectivity index is 1.59. The lowest BCUT2D eigenvalue weighted by Gasteiger charge is -2.28. The van der Waals surface area contributed by atoms with Crippen LogP contribution in [0, 0.1) is 17.2 Å². The summed E-state index contributed by atoms with van der Waals surface area (Å²) in [4.78, 5) is 14.8. The topological polar surface area (TPSA) is 56.1 Å². The molecule has 1 unspecified atom stereocenters. The second-order valence-electron chi connectivity index (χ2n) is 6.96. The summed E-state index contributed by atoms with van der Waals surface area (Å²) in [6.07, 6.45) is 6.17. The number of carbonyl (C=O) groups excluding carboxylic acids is 1. The molecule has 4 heteroatoms. The fourth-order valence-electron chi connectivity index (χ4n) is 3.79. The highest BCUT2D eigenvalue weighted by molar-refractivity contribution is 5.80. The number of carbonyl (C=O) groups is 1. The molecule has 3 rings (SSSR count). The van der Waals surface area contributed by atoms with Crippen molar-refractivity contribution in [2.24, 2.45) is 5.92 Å². The second-order valence-corrected chi connectivity index (χ2v) is 6.96. The van der Waals surface area contributed by atoms with Crippen LogP contribution in [-0.4, -0.2) is 29.4 Å². The second kappa shape index (κ2) is 7.14. The van der Waals surface area contributed by atoms with Gasteiger partial charge in [-0.2, -0.15) is 5.26 Å². The number of nitrogens with zero attached hydrogens (tertiary/aromatic N) is 2. The molecule has 0 radical (unpaired) electrons. The largest absolute Gasteiger partial charge is 0.336 e. The number of hydrogen-bond donors (Lipinski definition) is 1. The molecule has 1 aliphatic carbocycles. The summed E-state index contributed by atoms with van der Waals surface area (Å²) >= 11 is 0. The number of rotatable bonds is 4. The average molecular weight is 311 g/mol. The molecule has 1 aromatic rings. The third kappa shape index (κ3) is 3.92. The predicted octanol–water partition coefficient (Wildman–Crippen LogP) is 2.85. The zero-order chi connectivity index (χ0) is 16.1. The van der Waals surface area contributed by atoms with Gasteiger partial charge in [-0.1, -0.05) is 49.6 Å². The highest BCUT2D eigenvalue weighted by atomic mass is 16.2. The fraction of sp³-hybridized carbons (Fsp3) is 0.579. The maximum atomic E-state index is 12.5. The van der Waals surface area contributed by atoms with Crippen molar-refractivity contribution in [2.75, 3.05) is 13.1 Å². The molecule has 0 bridgehead atoms. The van der Waals surface area contributed by atoms with Crippen LogP contribution in [0.3, 0.4) is 0 Å². The first-order valence-electron chi connectivity index (χ1n) is 8.70. The molecule has 0 spiro atoms. The van der Waals surface area contributed by atoms with Crippen LogP contribution < -0.4 is 5.32 Å². The van der Waals surface area contributed by atoms with E-state index in [0.29, 0.717) is 6.54 Å². The van der Waals surface area contributed by atoms with E-state index in [1.807, 2.05) is 18.2 Å². The van der Waals surface area contributed by atoms with Gasteiger partial charge in [0, 0.05) is 25.6 Å². The number of amides is 1. The standard InChI is InChI=1S/C19H25N3O/c20-14-19(21-18(23)17-9-5-2-6-10-17)11-12-22(15-19)13-16-7-3-1-4-8-16/h1,3-4,7-8,17H,2,5-6,9-13,15H2,(H,21,23).